The third-order valence-electron chi connectivity index (χ3n) is 4.84. The number of fused-ring (bicyclic) bond motifs is 1. The van der Waals surface area contributed by atoms with Gasteiger partial charge >= 0.3 is 0 Å². The molecule has 0 saturated carbocycles. The van der Waals surface area contributed by atoms with Crippen molar-refractivity contribution in [2.24, 2.45) is 0 Å². The minimum atomic E-state index is -0.0817. The molecule has 1 aromatic carbocycles. The van der Waals surface area contributed by atoms with Gasteiger partial charge in [0.05, 0.1) is 18.4 Å². The van der Waals surface area contributed by atoms with Gasteiger partial charge in [0.25, 0.3) is 0 Å². The number of pyridine rings is 1. The molecule has 5 nitrogen and oxygen atoms in total. The topological polar surface area (TPSA) is 75.0 Å². The standard InChI is InChI=1S/C22H25N3O2S/c1-27-20-11-7-6-10-19(20)24-21(26)12-13-28-22-17(15-23)14-16-8-4-2-3-5-9-18(16)25-22/h6-7,10-11,14H,2-5,8-9,12-13H2,1H3,(H,24,26). The molecule has 0 unspecified atom stereocenters. The summed E-state index contributed by atoms with van der Waals surface area (Å²) < 4.78 is 5.26. The van der Waals surface area contributed by atoms with Crippen LogP contribution in [0.5, 0.6) is 5.75 Å². The number of amides is 1. The third kappa shape index (κ3) is 5.26. The van der Waals surface area contributed by atoms with E-state index in [-0.39, 0.29) is 5.91 Å². The zero-order chi connectivity index (χ0) is 19.8. The minimum absolute atomic E-state index is 0.0817. The highest BCUT2D eigenvalue weighted by molar-refractivity contribution is 7.99. The second kappa shape index (κ2) is 10.1. The molecule has 0 bridgehead atoms. The number of thioether (sulfide) groups is 1. The average Bonchev–Trinajstić information content (AvgIpc) is 2.69. The van der Waals surface area contributed by atoms with Crippen LogP contribution < -0.4 is 10.1 Å². The maximum absolute atomic E-state index is 12.3. The second-order valence-electron chi connectivity index (χ2n) is 6.82. The fraction of sp³-hybridized carbons (Fsp3) is 0.409. The second-order valence-corrected chi connectivity index (χ2v) is 7.90. The van der Waals surface area contributed by atoms with Crippen LogP contribution in [0.15, 0.2) is 35.4 Å². The Bertz CT molecular complexity index is 877. The molecule has 1 N–H and O–H groups in total. The lowest BCUT2D eigenvalue weighted by atomic mass is 9.96. The Kier molecular flexibility index (Phi) is 7.32. The zero-order valence-corrected chi connectivity index (χ0v) is 17.0. The number of aryl methyl sites for hydroxylation is 2. The number of carbonyl (C=O) groups excluding carboxylic acids is 1. The summed E-state index contributed by atoms with van der Waals surface area (Å²) in [5, 5.41) is 13.1. The molecule has 0 aliphatic heterocycles. The van der Waals surface area contributed by atoms with Crippen molar-refractivity contribution in [3.63, 3.8) is 0 Å². The maximum atomic E-state index is 12.3. The van der Waals surface area contributed by atoms with Crippen LogP contribution in [0.4, 0.5) is 5.69 Å². The number of ether oxygens (including phenoxy) is 1. The van der Waals surface area contributed by atoms with Crippen molar-refractivity contribution in [2.45, 2.75) is 50.0 Å². The molecular weight excluding hydrogens is 370 g/mol. The van der Waals surface area contributed by atoms with Crippen molar-refractivity contribution in [1.82, 2.24) is 4.98 Å². The van der Waals surface area contributed by atoms with Gasteiger partial charge in [-0.05, 0) is 49.4 Å². The lowest BCUT2D eigenvalue weighted by Gasteiger charge is -2.15. The van der Waals surface area contributed by atoms with Gasteiger partial charge in [-0.2, -0.15) is 5.26 Å². The number of nitrogens with zero attached hydrogens (tertiary/aromatic N) is 2. The largest absolute Gasteiger partial charge is 0.495 e. The van der Waals surface area contributed by atoms with Crippen LogP contribution >= 0.6 is 11.8 Å². The molecule has 1 aliphatic rings. The first-order chi connectivity index (χ1) is 13.7. The van der Waals surface area contributed by atoms with Gasteiger partial charge in [0, 0.05) is 17.9 Å². The molecule has 146 valence electrons. The van der Waals surface area contributed by atoms with E-state index in [1.165, 1.54) is 30.2 Å². The number of anilines is 1. The van der Waals surface area contributed by atoms with Gasteiger partial charge < -0.3 is 10.1 Å². The van der Waals surface area contributed by atoms with Gasteiger partial charge in [-0.25, -0.2) is 4.98 Å². The SMILES string of the molecule is COc1ccccc1NC(=O)CCSc1nc2c(cc1C#N)CCCCCC2. The lowest BCUT2D eigenvalue weighted by Crippen LogP contribution is -2.13. The molecule has 1 aliphatic carbocycles. The quantitative estimate of drug-likeness (QED) is 0.715. The molecule has 1 heterocycles. The number of nitrogens with one attached hydrogen (secondary N) is 1. The van der Waals surface area contributed by atoms with Crippen LogP contribution in [0, 0.1) is 11.3 Å². The smallest absolute Gasteiger partial charge is 0.225 e. The van der Waals surface area contributed by atoms with E-state index in [1.807, 2.05) is 30.3 Å². The van der Waals surface area contributed by atoms with Crippen LogP contribution in [-0.2, 0) is 17.6 Å². The van der Waals surface area contributed by atoms with Crippen molar-refractivity contribution in [3.05, 3.63) is 47.2 Å². The van der Waals surface area contributed by atoms with E-state index in [1.54, 1.807) is 7.11 Å². The molecule has 0 atom stereocenters. The van der Waals surface area contributed by atoms with E-state index in [0.29, 0.717) is 29.2 Å². The van der Waals surface area contributed by atoms with Crippen LogP contribution in [0.1, 0.15) is 48.9 Å². The number of benzene rings is 1. The fourth-order valence-electron chi connectivity index (χ4n) is 3.36. The molecule has 1 aromatic heterocycles. The normalized spacial score (nSPS) is 13.6. The van der Waals surface area contributed by atoms with Gasteiger partial charge in [0.15, 0.2) is 0 Å². The fourth-order valence-corrected chi connectivity index (χ4v) is 4.28. The number of methoxy groups -OCH3 is 1. The Morgan fingerprint density at radius 1 is 1.25 bits per heavy atom. The summed E-state index contributed by atoms with van der Waals surface area (Å²) in [4.78, 5) is 17.1. The highest BCUT2D eigenvalue weighted by Crippen LogP contribution is 2.27. The van der Waals surface area contributed by atoms with E-state index >= 15 is 0 Å². The number of aromatic nitrogens is 1. The Morgan fingerprint density at radius 2 is 2.04 bits per heavy atom. The molecule has 28 heavy (non-hydrogen) atoms. The summed E-state index contributed by atoms with van der Waals surface area (Å²) in [5.74, 6) is 1.13. The molecule has 0 saturated heterocycles. The van der Waals surface area contributed by atoms with Crippen LogP contribution in [0.3, 0.4) is 0 Å². The molecule has 0 fully saturated rings. The summed E-state index contributed by atoms with van der Waals surface area (Å²) >= 11 is 1.48. The highest BCUT2D eigenvalue weighted by Gasteiger charge is 2.15. The summed E-state index contributed by atoms with van der Waals surface area (Å²) in [6.45, 7) is 0. The molecule has 2 aromatic rings. The van der Waals surface area contributed by atoms with Gasteiger partial charge in [-0.3, -0.25) is 4.79 Å². The number of nitriles is 1. The molecular formula is C22H25N3O2S. The molecule has 3 rings (SSSR count). The van der Waals surface area contributed by atoms with Crippen molar-refractivity contribution < 1.29 is 9.53 Å². The number of rotatable bonds is 6. The number of hydrogen-bond donors (Lipinski definition) is 1. The molecule has 0 spiro atoms. The van der Waals surface area contributed by atoms with Gasteiger partial charge in [-0.15, -0.1) is 11.8 Å². The van der Waals surface area contributed by atoms with Crippen LogP contribution in [0.25, 0.3) is 0 Å². The van der Waals surface area contributed by atoms with Crippen molar-refractivity contribution in [3.8, 4) is 11.8 Å². The van der Waals surface area contributed by atoms with Crippen molar-refractivity contribution in [2.75, 3.05) is 18.2 Å². The molecule has 6 heteroatoms. The predicted octanol–water partition coefficient (Wildman–Crippen LogP) is 4.74. The van der Waals surface area contributed by atoms with E-state index in [2.05, 4.69) is 11.4 Å². The van der Waals surface area contributed by atoms with Crippen LogP contribution in [0.2, 0.25) is 0 Å². The van der Waals surface area contributed by atoms with E-state index in [4.69, 9.17) is 9.72 Å². The monoisotopic (exact) mass is 395 g/mol. The Balaban J connectivity index is 1.61. The van der Waals surface area contributed by atoms with Gasteiger partial charge in [-0.1, -0.05) is 25.0 Å². The van der Waals surface area contributed by atoms with E-state index < -0.39 is 0 Å². The number of hydrogen-bond acceptors (Lipinski definition) is 5. The molecule has 1 amide bonds. The average molecular weight is 396 g/mol. The van der Waals surface area contributed by atoms with E-state index in [9.17, 15) is 10.1 Å². The predicted molar refractivity (Wildman–Crippen MR) is 112 cm³/mol. The van der Waals surface area contributed by atoms with Gasteiger partial charge in [0.1, 0.15) is 16.8 Å². The first-order valence-electron chi connectivity index (χ1n) is 9.70. The number of carbonyl (C=O) groups is 1. The first-order valence-corrected chi connectivity index (χ1v) is 10.7. The lowest BCUT2D eigenvalue weighted by molar-refractivity contribution is -0.115. The summed E-state index contributed by atoms with van der Waals surface area (Å²) in [6.07, 6.45) is 7.12. The Labute approximate surface area is 170 Å². The zero-order valence-electron chi connectivity index (χ0n) is 16.2. The first kappa shape index (κ1) is 20.2. The van der Waals surface area contributed by atoms with Crippen LogP contribution in [-0.4, -0.2) is 23.8 Å². The Hall–Kier alpha value is -2.52. The summed E-state index contributed by atoms with van der Waals surface area (Å²) in [7, 11) is 1.58. The Morgan fingerprint density at radius 3 is 2.82 bits per heavy atom. The van der Waals surface area contributed by atoms with Crippen molar-refractivity contribution in [1.29, 1.82) is 5.26 Å². The summed E-state index contributed by atoms with van der Waals surface area (Å²) in [5.41, 5.74) is 3.63. The van der Waals surface area contributed by atoms with Crippen molar-refractivity contribution >= 4 is 23.4 Å². The maximum Gasteiger partial charge on any atom is 0.225 e. The highest BCUT2D eigenvalue weighted by atomic mass is 32.2. The number of para-hydroxylation sites is 2. The van der Waals surface area contributed by atoms with Gasteiger partial charge in [0.2, 0.25) is 5.91 Å². The molecule has 0 radical (unpaired) electrons. The minimum Gasteiger partial charge on any atom is -0.495 e. The third-order valence-corrected chi connectivity index (χ3v) is 5.83. The van der Waals surface area contributed by atoms with E-state index in [0.717, 1.165) is 36.4 Å². The summed E-state index contributed by atoms with van der Waals surface area (Å²) in [6, 6.07) is 11.6.